The van der Waals surface area contributed by atoms with E-state index in [1.807, 2.05) is 24.3 Å². The highest BCUT2D eigenvalue weighted by Crippen LogP contribution is 2.38. The number of esters is 1. The predicted octanol–water partition coefficient (Wildman–Crippen LogP) is 1.86. The molecule has 6 heteroatoms. The highest BCUT2D eigenvalue weighted by molar-refractivity contribution is 6.36. The molecule has 1 atom stereocenters. The van der Waals surface area contributed by atoms with E-state index >= 15 is 0 Å². The second-order valence-electron chi connectivity index (χ2n) is 7.17. The van der Waals surface area contributed by atoms with Crippen LogP contribution in [0.3, 0.4) is 0 Å². The molecule has 6 nitrogen and oxygen atoms in total. The van der Waals surface area contributed by atoms with Gasteiger partial charge >= 0.3 is 5.97 Å². The molecule has 1 fully saturated rings. The number of Topliss-reactive ketones (excluding diaryl/α,β-unsaturated/α-hetero) is 1. The van der Waals surface area contributed by atoms with Crippen molar-refractivity contribution < 1.29 is 19.1 Å². The first-order chi connectivity index (χ1) is 14.1. The fraction of sp³-hybridized carbons (Fsp3) is 0.261. The van der Waals surface area contributed by atoms with Crippen LogP contribution in [0.2, 0.25) is 0 Å². The number of piperazine rings is 1. The zero-order chi connectivity index (χ0) is 20.4. The van der Waals surface area contributed by atoms with Gasteiger partial charge < -0.3 is 15.0 Å². The number of rotatable bonds is 5. The first-order valence-corrected chi connectivity index (χ1v) is 9.64. The van der Waals surface area contributed by atoms with Gasteiger partial charge in [0.05, 0.1) is 0 Å². The van der Waals surface area contributed by atoms with Crippen molar-refractivity contribution >= 4 is 17.7 Å². The first-order valence-electron chi connectivity index (χ1n) is 9.64. The van der Waals surface area contributed by atoms with Gasteiger partial charge in [-0.2, -0.15) is 0 Å². The molecule has 0 saturated carbocycles. The van der Waals surface area contributed by atoms with Crippen LogP contribution in [0.5, 0.6) is 0 Å². The number of ketones is 1. The predicted molar refractivity (Wildman–Crippen MR) is 108 cm³/mol. The number of carbonyl (C=O) groups excluding carboxylic acids is 3. The van der Waals surface area contributed by atoms with E-state index in [4.69, 9.17) is 4.74 Å². The highest BCUT2D eigenvalue weighted by atomic mass is 16.5. The SMILES string of the molecule is C=CC(=O)N1CCNCC1C(=O)C(=O)OCc1cccc2c1Cc1ccccc1-2. The lowest BCUT2D eigenvalue weighted by Crippen LogP contribution is -2.58. The summed E-state index contributed by atoms with van der Waals surface area (Å²) in [6, 6.07) is 13.2. The molecule has 1 aliphatic heterocycles. The molecular weight excluding hydrogens is 368 g/mol. The molecule has 0 aromatic heterocycles. The van der Waals surface area contributed by atoms with Gasteiger partial charge in [-0.25, -0.2) is 4.79 Å². The van der Waals surface area contributed by atoms with Crippen molar-refractivity contribution in [3.8, 4) is 11.1 Å². The van der Waals surface area contributed by atoms with Gasteiger partial charge in [0, 0.05) is 19.6 Å². The topological polar surface area (TPSA) is 75.7 Å². The quantitative estimate of drug-likeness (QED) is 0.409. The van der Waals surface area contributed by atoms with Crippen LogP contribution in [0.1, 0.15) is 16.7 Å². The molecule has 4 rings (SSSR count). The van der Waals surface area contributed by atoms with Crippen LogP contribution < -0.4 is 5.32 Å². The maximum atomic E-state index is 12.6. The van der Waals surface area contributed by atoms with Crippen molar-refractivity contribution in [3.63, 3.8) is 0 Å². The first kappa shape index (κ1) is 19.1. The molecule has 148 valence electrons. The molecule has 0 bridgehead atoms. The Hall–Kier alpha value is -3.25. The summed E-state index contributed by atoms with van der Waals surface area (Å²) in [5, 5.41) is 3.04. The number of hydrogen-bond acceptors (Lipinski definition) is 5. The maximum Gasteiger partial charge on any atom is 0.377 e. The van der Waals surface area contributed by atoms with Gasteiger partial charge in [0.15, 0.2) is 0 Å². The highest BCUT2D eigenvalue weighted by Gasteiger charge is 2.35. The van der Waals surface area contributed by atoms with Gasteiger partial charge in [0.1, 0.15) is 12.6 Å². The molecule has 1 amide bonds. The number of ether oxygens (including phenoxy) is 1. The molecule has 1 aliphatic carbocycles. The Morgan fingerprint density at radius 3 is 2.76 bits per heavy atom. The molecule has 1 saturated heterocycles. The summed E-state index contributed by atoms with van der Waals surface area (Å²) in [6.07, 6.45) is 1.93. The Balaban J connectivity index is 1.46. The number of carbonyl (C=O) groups is 3. The number of benzene rings is 2. The van der Waals surface area contributed by atoms with E-state index in [0.717, 1.165) is 29.2 Å². The van der Waals surface area contributed by atoms with Crippen LogP contribution in [-0.2, 0) is 32.1 Å². The molecular formula is C23H22N2O4. The van der Waals surface area contributed by atoms with Crippen LogP contribution in [0.4, 0.5) is 0 Å². The zero-order valence-corrected chi connectivity index (χ0v) is 16.0. The van der Waals surface area contributed by atoms with Crippen molar-refractivity contribution in [1.29, 1.82) is 0 Å². The van der Waals surface area contributed by atoms with E-state index in [-0.39, 0.29) is 19.1 Å². The Morgan fingerprint density at radius 1 is 1.14 bits per heavy atom. The van der Waals surface area contributed by atoms with Gasteiger partial charge in [-0.3, -0.25) is 9.59 Å². The number of fused-ring (bicyclic) bond motifs is 3. The number of amides is 1. The summed E-state index contributed by atoms with van der Waals surface area (Å²) in [5.41, 5.74) is 5.58. The summed E-state index contributed by atoms with van der Waals surface area (Å²) in [5.74, 6) is -2.01. The van der Waals surface area contributed by atoms with Crippen molar-refractivity contribution in [1.82, 2.24) is 10.2 Å². The lowest BCUT2D eigenvalue weighted by molar-refractivity contribution is -0.158. The summed E-state index contributed by atoms with van der Waals surface area (Å²) < 4.78 is 5.35. The van der Waals surface area contributed by atoms with Crippen molar-refractivity contribution in [2.24, 2.45) is 0 Å². The standard InChI is InChI=1S/C23H22N2O4/c1-2-21(26)25-11-10-24-13-20(25)22(27)23(28)29-14-16-7-5-9-18-17-8-4-3-6-15(17)12-19(16)18/h2-9,20,24H,1,10-14H2. The molecule has 1 N–H and O–H groups in total. The smallest absolute Gasteiger partial charge is 0.377 e. The Morgan fingerprint density at radius 2 is 1.93 bits per heavy atom. The van der Waals surface area contributed by atoms with Gasteiger partial charge in [-0.1, -0.05) is 49.0 Å². The van der Waals surface area contributed by atoms with E-state index in [1.165, 1.54) is 16.0 Å². The zero-order valence-electron chi connectivity index (χ0n) is 16.0. The number of nitrogens with one attached hydrogen (secondary N) is 1. The lowest BCUT2D eigenvalue weighted by Gasteiger charge is -2.33. The molecule has 0 spiro atoms. The lowest BCUT2D eigenvalue weighted by atomic mass is 10.0. The normalized spacial score (nSPS) is 17.2. The molecule has 29 heavy (non-hydrogen) atoms. The van der Waals surface area contributed by atoms with Crippen LogP contribution in [0.15, 0.2) is 55.1 Å². The number of hydrogen-bond donors (Lipinski definition) is 1. The third-order valence-corrected chi connectivity index (χ3v) is 5.51. The Kier molecular flexibility index (Phi) is 5.27. The minimum atomic E-state index is -0.923. The fourth-order valence-corrected chi connectivity index (χ4v) is 4.03. The van der Waals surface area contributed by atoms with Gasteiger partial charge in [-0.15, -0.1) is 0 Å². The average Bonchev–Trinajstić information content (AvgIpc) is 3.15. The molecule has 2 aromatic carbocycles. The molecule has 1 heterocycles. The summed E-state index contributed by atoms with van der Waals surface area (Å²) in [7, 11) is 0. The minimum Gasteiger partial charge on any atom is -0.455 e. The summed E-state index contributed by atoms with van der Waals surface area (Å²) in [4.78, 5) is 38.4. The van der Waals surface area contributed by atoms with Gasteiger partial charge in [0.25, 0.3) is 5.78 Å². The molecule has 2 aliphatic rings. The fourth-order valence-electron chi connectivity index (χ4n) is 4.03. The van der Waals surface area contributed by atoms with E-state index in [2.05, 4.69) is 30.1 Å². The second-order valence-corrected chi connectivity index (χ2v) is 7.17. The Labute approximate surface area is 169 Å². The minimum absolute atomic E-state index is 0.0251. The third-order valence-electron chi connectivity index (χ3n) is 5.51. The van der Waals surface area contributed by atoms with Crippen molar-refractivity contribution in [3.05, 3.63) is 71.8 Å². The van der Waals surface area contributed by atoms with Crippen molar-refractivity contribution in [2.45, 2.75) is 19.1 Å². The molecule has 0 radical (unpaired) electrons. The van der Waals surface area contributed by atoms with Gasteiger partial charge in [-0.05, 0) is 40.3 Å². The van der Waals surface area contributed by atoms with Crippen LogP contribution >= 0.6 is 0 Å². The summed E-state index contributed by atoms with van der Waals surface area (Å²) in [6.45, 7) is 4.62. The van der Waals surface area contributed by atoms with E-state index in [9.17, 15) is 14.4 Å². The van der Waals surface area contributed by atoms with Crippen LogP contribution in [0, 0.1) is 0 Å². The van der Waals surface area contributed by atoms with Crippen LogP contribution in [0.25, 0.3) is 11.1 Å². The van der Waals surface area contributed by atoms with Crippen LogP contribution in [-0.4, -0.2) is 48.2 Å². The second kappa shape index (κ2) is 8.01. The Bertz CT molecular complexity index is 998. The molecule has 2 aromatic rings. The van der Waals surface area contributed by atoms with Gasteiger partial charge in [0.2, 0.25) is 5.91 Å². The van der Waals surface area contributed by atoms with E-state index in [0.29, 0.717) is 13.1 Å². The largest absolute Gasteiger partial charge is 0.455 e. The maximum absolute atomic E-state index is 12.6. The third kappa shape index (κ3) is 3.59. The summed E-state index contributed by atoms with van der Waals surface area (Å²) >= 11 is 0. The number of nitrogens with zero attached hydrogens (tertiary/aromatic N) is 1. The van der Waals surface area contributed by atoms with Crippen molar-refractivity contribution in [2.75, 3.05) is 19.6 Å². The van der Waals surface area contributed by atoms with E-state index in [1.54, 1.807) is 0 Å². The average molecular weight is 390 g/mol. The molecule has 1 unspecified atom stereocenters. The monoisotopic (exact) mass is 390 g/mol. The van der Waals surface area contributed by atoms with E-state index < -0.39 is 17.8 Å².